The van der Waals surface area contributed by atoms with Gasteiger partial charge in [0.15, 0.2) is 0 Å². The van der Waals surface area contributed by atoms with Gasteiger partial charge in [0, 0.05) is 18.8 Å². The highest BCUT2D eigenvalue weighted by molar-refractivity contribution is 7.15. The van der Waals surface area contributed by atoms with Crippen LogP contribution in [-0.4, -0.2) is 28.5 Å². The Bertz CT molecular complexity index is 740. The van der Waals surface area contributed by atoms with Crippen LogP contribution in [0.5, 0.6) is 0 Å². The van der Waals surface area contributed by atoms with Gasteiger partial charge in [-0.2, -0.15) is 0 Å². The number of anilines is 1. The van der Waals surface area contributed by atoms with E-state index in [9.17, 15) is 4.79 Å². The van der Waals surface area contributed by atoms with Gasteiger partial charge in [-0.15, -0.1) is 21.8 Å². The van der Waals surface area contributed by atoms with E-state index in [1.165, 1.54) is 28.0 Å². The monoisotopic (exact) mass is 349 g/mol. The molecule has 4 nitrogen and oxygen atoms in total. The molecule has 2 aromatic rings. The SMILES string of the molecule is Cc1cc(C)cc(Cc2nnc(N(C)C(=O)C3(C)CC3Cl)s2)c1. The van der Waals surface area contributed by atoms with Crippen LogP contribution in [0.4, 0.5) is 5.13 Å². The molecule has 3 rings (SSSR count). The number of carbonyl (C=O) groups is 1. The van der Waals surface area contributed by atoms with Crippen LogP contribution in [0.15, 0.2) is 18.2 Å². The summed E-state index contributed by atoms with van der Waals surface area (Å²) in [5, 5.41) is 9.88. The summed E-state index contributed by atoms with van der Waals surface area (Å²) >= 11 is 7.54. The highest BCUT2D eigenvalue weighted by Gasteiger charge is 2.56. The molecular weight excluding hydrogens is 330 g/mol. The summed E-state index contributed by atoms with van der Waals surface area (Å²) < 4.78 is 0. The predicted octanol–water partition coefficient (Wildman–Crippen LogP) is 3.73. The summed E-state index contributed by atoms with van der Waals surface area (Å²) in [5.74, 6) is 0.0200. The largest absolute Gasteiger partial charge is 0.289 e. The zero-order chi connectivity index (χ0) is 16.8. The molecule has 2 unspecified atom stereocenters. The Hall–Kier alpha value is -1.46. The van der Waals surface area contributed by atoms with Gasteiger partial charge in [-0.3, -0.25) is 9.69 Å². The van der Waals surface area contributed by atoms with Crippen molar-refractivity contribution in [3.8, 4) is 0 Å². The molecule has 122 valence electrons. The Labute approximate surface area is 145 Å². The number of carbonyl (C=O) groups excluding carboxylic acids is 1. The zero-order valence-electron chi connectivity index (χ0n) is 13.8. The van der Waals surface area contributed by atoms with E-state index in [0.29, 0.717) is 5.13 Å². The average Bonchev–Trinajstić information content (AvgIpc) is 2.88. The number of benzene rings is 1. The fourth-order valence-electron chi connectivity index (χ4n) is 2.80. The summed E-state index contributed by atoms with van der Waals surface area (Å²) in [4.78, 5) is 14.1. The molecule has 6 heteroatoms. The number of hydrogen-bond donors (Lipinski definition) is 0. The van der Waals surface area contributed by atoms with Crippen LogP contribution in [0.3, 0.4) is 0 Å². The molecule has 1 aromatic carbocycles. The zero-order valence-corrected chi connectivity index (χ0v) is 15.3. The Kier molecular flexibility index (Phi) is 4.19. The molecule has 1 fully saturated rings. The highest BCUT2D eigenvalue weighted by Crippen LogP contribution is 2.51. The minimum absolute atomic E-state index is 0.0200. The Balaban J connectivity index is 1.74. The quantitative estimate of drug-likeness (QED) is 0.790. The Morgan fingerprint density at radius 1 is 1.35 bits per heavy atom. The molecule has 0 bridgehead atoms. The van der Waals surface area contributed by atoms with E-state index in [0.717, 1.165) is 17.8 Å². The van der Waals surface area contributed by atoms with Crippen molar-refractivity contribution in [2.75, 3.05) is 11.9 Å². The lowest BCUT2D eigenvalue weighted by molar-refractivity contribution is -0.122. The molecule has 0 N–H and O–H groups in total. The van der Waals surface area contributed by atoms with Crippen LogP contribution >= 0.6 is 22.9 Å². The smallest absolute Gasteiger partial charge is 0.236 e. The van der Waals surface area contributed by atoms with Crippen LogP contribution in [0, 0.1) is 19.3 Å². The fraction of sp³-hybridized carbons (Fsp3) is 0.471. The molecule has 1 aromatic heterocycles. The van der Waals surface area contributed by atoms with Gasteiger partial charge >= 0.3 is 0 Å². The van der Waals surface area contributed by atoms with Crippen molar-refractivity contribution in [3.63, 3.8) is 0 Å². The molecular formula is C17H20ClN3OS. The molecule has 0 spiro atoms. The summed E-state index contributed by atoms with van der Waals surface area (Å²) in [6.07, 6.45) is 1.46. The van der Waals surface area contributed by atoms with Crippen molar-refractivity contribution < 1.29 is 4.79 Å². The topological polar surface area (TPSA) is 46.1 Å². The molecule has 1 aliphatic rings. The van der Waals surface area contributed by atoms with Crippen molar-refractivity contribution in [2.24, 2.45) is 5.41 Å². The van der Waals surface area contributed by atoms with Crippen molar-refractivity contribution in [1.82, 2.24) is 10.2 Å². The van der Waals surface area contributed by atoms with Gasteiger partial charge in [-0.05, 0) is 32.8 Å². The predicted molar refractivity (Wildman–Crippen MR) is 94.4 cm³/mol. The van der Waals surface area contributed by atoms with Crippen molar-refractivity contribution in [3.05, 3.63) is 39.9 Å². The van der Waals surface area contributed by atoms with E-state index in [4.69, 9.17) is 11.6 Å². The first-order valence-electron chi connectivity index (χ1n) is 7.61. The lowest BCUT2D eigenvalue weighted by atomic mass is 10.1. The first-order valence-corrected chi connectivity index (χ1v) is 8.86. The van der Waals surface area contributed by atoms with Crippen LogP contribution in [-0.2, 0) is 11.2 Å². The van der Waals surface area contributed by atoms with Gasteiger partial charge in [-0.25, -0.2) is 0 Å². The van der Waals surface area contributed by atoms with Crippen LogP contribution in [0.1, 0.15) is 35.0 Å². The van der Waals surface area contributed by atoms with Crippen LogP contribution in [0.2, 0.25) is 0 Å². The van der Waals surface area contributed by atoms with E-state index in [-0.39, 0.29) is 11.3 Å². The van der Waals surface area contributed by atoms with E-state index in [2.05, 4.69) is 42.2 Å². The summed E-state index contributed by atoms with van der Waals surface area (Å²) in [7, 11) is 1.75. The second-order valence-electron chi connectivity index (χ2n) is 6.60. The first kappa shape index (κ1) is 16.4. The first-order chi connectivity index (χ1) is 10.8. The molecule has 1 aliphatic carbocycles. The lowest BCUT2D eigenvalue weighted by Gasteiger charge is -2.17. The number of alkyl halides is 1. The molecule has 0 radical (unpaired) electrons. The number of aryl methyl sites for hydroxylation is 2. The van der Waals surface area contributed by atoms with E-state index in [1.807, 2.05) is 6.92 Å². The van der Waals surface area contributed by atoms with Gasteiger partial charge in [0.25, 0.3) is 0 Å². The average molecular weight is 350 g/mol. The number of nitrogens with zero attached hydrogens (tertiary/aromatic N) is 3. The fourth-order valence-corrected chi connectivity index (χ4v) is 4.05. The van der Waals surface area contributed by atoms with E-state index >= 15 is 0 Å². The lowest BCUT2D eigenvalue weighted by Crippen LogP contribution is -2.33. The number of halogens is 1. The third-order valence-corrected chi connectivity index (χ3v) is 5.94. The van der Waals surface area contributed by atoms with Gasteiger partial charge < -0.3 is 0 Å². The number of hydrogen-bond acceptors (Lipinski definition) is 4. The second kappa shape index (κ2) is 5.87. The summed E-state index contributed by atoms with van der Waals surface area (Å²) in [5.41, 5.74) is 3.25. The number of aromatic nitrogens is 2. The third-order valence-electron chi connectivity index (χ3n) is 4.31. The number of rotatable bonds is 4. The van der Waals surface area contributed by atoms with E-state index < -0.39 is 5.41 Å². The molecule has 1 amide bonds. The summed E-state index contributed by atoms with van der Waals surface area (Å²) in [6.45, 7) is 6.09. The standard InChI is InChI=1S/C17H20ClN3OS/c1-10-5-11(2)7-12(6-10)8-14-19-20-16(23-14)21(4)15(22)17(3)9-13(17)18/h5-7,13H,8-9H2,1-4H3. The van der Waals surface area contributed by atoms with Gasteiger partial charge in [-0.1, -0.05) is 40.7 Å². The van der Waals surface area contributed by atoms with Crippen molar-refractivity contribution >= 4 is 34.0 Å². The maximum absolute atomic E-state index is 12.5. The van der Waals surface area contributed by atoms with Gasteiger partial charge in [0.2, 0.25) is 11.0 Å². The number of amides is 1. The van der Waals surface area contributed by atoms with Gasteiger partial charge in [0.1, 0.15) is 5.01 Å². The van der Waals surface area contributed by atoms with Crippen LogP contribution in [0.25, 0.3) is 0 Å². The highest BCUT2D eigenvalue weighted by atomic mass is 35.5. The van der Waals surface area contributed by atoms with Crippen LogP contribution < -0.4 is 4.90 Å². The van der Waals surface area contributed by atoms with E-state index in [1.54, 1.807) is 11.9 Å². The minimum atomic E-state index is -0.449. The normalized spacial score (nSPS) is 22.9. The maximum atomic E-state index is 12.5. The second-order valence-corrected chi connectivity index (χ2v) is 8.17. The van der Waals surface area contributed by atoms with Gasteiger partial charge in [0.05, 0.1) is 5.41 Å². The molecule has 2 atom stereocenters. The summed E-state index contributed by atoms with van der Waals surface area (Å²) in [6, 6.07) is 6.47. The molecule has 23 heavy (non-hydrogen) atoms. The molecule has 1 saturated carbocycles. The third kappa shape index (κ3) is 3.26. The molecule has 1 heterocycles. The van der Waals surface area contributed by atoms with Crippen molar-refractivity contribution in [2.45, 2.75) is 39.0 Å². The Morgan fingerprint density at radius 2 is 1.96 bits per heavy atom. The minimum Gasteiger partial charge on any atom is -0.289 e. The van der Waals surface area contributed by atoms with Crippen molar-refractivity contribution in [1.29, 1.82) is 0 Å². The molecule has 0 aliphatic heterocycles. The Morgan fingerprint density at radius 3 is 2.52 bits per heavy atom. The maximum Gasteiger partial charge on any atom is 0.236 e. The molecule has 0 saturated heterocycles.